The molecule has 8 nitrogen and oxygen atoms in total. The van der Waals surface area contributed by atoms with Crippen LogP contribution in [-0.2, 0) is 26.2 Å². The molecule has 0 aliphatic carbocycles. The number of carbonyl (C=O) groups excluding carboxylic acids is 2. The number of rotatable bonds is 15. The molecule has 0 saturated carbocycles. The summed E-state index contributed by atoms with van der Waals surface area (Å²) < 4.78 is 35.1. The van der Waals surface area contributed by atoms with Gasteiger partial charge in [0.05, 0.1) is 17.2 Å². The molecular weight excluding hydrogens is 574 g/mol. The van der Waals surface area contributed by atoms with Crippen LogP contribution in [-0.4, -0.2) is 50.9 Å². The summed E-state index contributed by atoms with van der Waals surface area (Å²) in [6.45, 7) is 7.78. The molecule has 3 rings (SSSR count). The first kappa shape index (κ1) is 32.9. The zero-order valence-corrected chi connectivity index (χ0v) is 26.2. The summed E-state index contributed by atoms with van der Waals surface area (Å²) in [6, 6.07) is 19.4. The van der Waals surface area contributed by atoms with Crippen LogP contribution >= 0.6 is 11.6 Å². The minimum Gasteiger partial charge on any atom is -0.492 e. The summed E-state index contributed by atoms with van der Waals surface area (Å²) in [7, 11) is -4.21. The first-order valence-electron chi connectivity index (χ1n) is 14.3. The molecule has 226 valence electrons. The molecule has 3 aromatic carbocycles. The summed E-state index contributed by atoms with van der Waals surface area (Å²) in [5, 5.41) is 3.37. The van der Waals surface area contributed by atoms with Crippen LogP contribution in [0.25, 0.3) is 0 Å². The molecule has 0 bridgehead atoms. The number of para-hydroxylation sites is 2. The largest absolute Gasteiger partial charge is 0.492 e. The standard InChI is InChI=1S/C32H40ClN3O5S/c1-5-8-21-34-32(38)28(6-2)35(22-25-13-9-10-14-27(25)33)31(37)23-36(29-15-11-12-16-30(29)41-7-3)42(39,40)26-19-17-24(4)18-20-26/h9-20,28H,5-8,21-23H2,1-4H3,(H,34,38)/t28-/m1/s1. The van der Waals surface area contributed by atoms with Crippen molar-refractivity contribution in [3.63, 3.8) is 0 Å². The van der Waals surface area contributed by atoms with Gasteiger partial charge in [-0.15, -0.1) is 0 Å². The highest BCUT2D eigenvalue weighted by atomic mass is 35.5. The van der Waals surface area contributed by atoms with E-state index in [0.29, 0.717) is 35.9 Å². The van der Waals surface area contributed by atoms with Gasteiger partial charge in [0, 0.05) is 18.1 Å². The second kappa shape index (κ2) is 15.6. The van der Waals surface area contributed by atoms with Gasteiger partial charge in [0.1, 0.15) is 18.3 Å². The number of hydrogen-bond acceptors (Lipinski definition) is 5. The van der Waals surface area contributed by atoms with Crippen LogP contribution in [0.4, 0.5) is 5.69 Å². The molecule has 1 atom stereocenters. The number of amides is 2. The van der Waals surface area contributed by atoms with Crippen molar-refractivity contribution in [1.82, 2.24) is 10.2 Å². The third-order valence-corrected chi connectivity index (χ3v) is 8.98. The summed E-state index contributed by atoms with van der Waals surface area (Å²) in [6.07, 6.45) is 2.04. The van der Waals surface area contributed by atoms with Crippen LogP contribution in [0.5, 0.6) is 5.75 Å². The Balaban J connectivity index is 2.10. The van der Waals surface area contributed by atoms with E-state index in [2.05, 4.69) is 5.32 Å². The molecular formula is C32H40ClN3O5S. The summed E-state index contributed by atoms with van der Waals surface area (Å²) in [5.74, 6) is -0.520. The van der Waals surface area contributed by atoms with Crippen LogP contribution in [0.2, 0.25) is 5.02 Å². The number of nitrogens with one attached hydrogen (secondary N) is 1. The lowest BCUT2D eigenvalue weighted by molar-refractivity contribution is -0.140. The van der Waals surface area contributed by atoms with Gasteiger partial charge in [-0.2, -0.15) is 0 Å². The van der Waals surface area contributed by atoms with Crippen molar-refractivity contribution < 1.29 is 22.7 Å². The highest BCUT2D eigenvalue weighted by Gasteiger charge is 2.35. The Morgan fingerprint density at radius 2 is 1.62 bits per heavy atom. The predicted octanol–water partition coefficient (Wildman–Crippen LogP) is 5.97. The molecule has 0 saturated heterocycles. The van der Waals surface area contributed by atoms with Crippen molar-refractivity contribution in [3.8, 4) is 5.75 Å². The molecule has 10 heteroatoms. The van der Waals surface area contributed by atoms with Crippen molar-refractivity contribution in [3.05, 3.63) is 88.9 Å². The molecule has 0 unspecified atom stereocenters. The molecule has 2 amide bonds. The minimum absolute atomic E-state index is 0.0315. The number of nitrogens with zero attached hydrogens (tertiary/aromatic N) is 2. The molecule has 0 aliphatic heterocycles. The smallest absolute Gasteiger partial charge is 0.264 e. The van der Waals surface area contributed by atoms with Crippen molar-refractivity contribution in [2.45, 2.75) is 64.4 Å². The molecule has 42 heavy (non-hydrogen) atoms. The highest BCUT2D eigenvalue weighted by Crippen LogP contribution is 2.33. The van der Waals surface area contributed by atoms with Crippen LogP contribution in [0, 0.1) is 6.92 Å². The summed E-state index contributed by atoms with van der Waals surface area (Å²) >= 11 is 6.46. The first-order valence-corrected chi connectivity index (χ1v) is 16.1. The molecule has 0 aliphatic rings. The van der Waals surface area contributed by atoms with Crippen LogP contribution in [0.1, 0.15) is 51.2 Å². The van der Waals surface area contributed by atoms with E-state index >= 15 is 0 Å². The first-order chi connectivity index (χ1) is 20.1. The number of benzene rings is 3. The van der Waals surface area contributed by atoms with Gasteiger partial charge in [-0.3, -0.25) is 13.9 Å². The van der Waals surface area contributed by atoms with E-state index in [1.54, 1.807) is 67.6 Å². The quantitative estimate of drug-likeness (QED) is 0.213. The number of aryl methyl sites for hydroxylation is 1. The van der Waals surface area contributed by atoms with E-state index in [4.69, 9.17) is 16.3 Å². The lowest BCUT2D eigenvalue weighted by atomic mass is 10.1. The number of halogens is 1. The monoisotopic (exact) mass is 613 g/mol. The second-order valence-electron chi connectivity index (χ2n) is 9.91. The van der Waals surface area contributed by atoms with Gasteiger partial charge in [-0.25, -0.2) is 8.42 Å². The lowest BCUT2D eigenvalue weighted by Gasteiger charge is -2.33. The van der Waals surface area contributed by atoms with E-state index < -0.39 is 28.5 Å². The Hall–Kier alpha value is -3.56. The van der Waals surface area contributed by atoms with E-state index in [9.17, 15) is 18.0 Å². The maximum Gasteiger partial charge on any atom is 0.264 e. The molecule has 0 spiro atoms. The number of hydrogen-bond donors (Lipinski definition) is 1. The number of carbonyl (C=O) groups is 2. The van der Waals surface area contributed by atoms with Gasteiger partial charge in [0.15, 0.2) is 0 Å². The van der Waals surface area contributed by atoms with E-state index in [1.807, 2.05) is 20.8 Å². The topological polar surface area (TPSA) is 96.0 Å². The molecule has 1 N–H and O–H groups in total. The number of anilines is 1. The van der Waals surface area contributed by atoms with Gasteiger partial charge in [0.25, 0.3) is 10.0 Å². The Labute approximate surface area is 254 Å². The van der Waals surface area contributed by atoms with Gasteiger partial charge in [-0.05, 0) is 62.6 Å². The fourth-order valence-electron chi connectivity index (χ4n) is 4.53. The average molecular weight is 614 g/mol. The fourth-order valence-corrected chi connectivity index (χ4v) is 6.15. The fraction of sp³-hybridized carbons (Fsp3) is 0.375. The van der Waals surface area contributed by atoms with E-state index in [-0.39, 0.29) is 23.0 Å². The maximum absolute atomic E-state index is 14.2. The Morgan fingerprint density at radius 1 is 0.952 bits per heavy atom. The van der Waals surface area contributed by atoms with Gasteiger partial charge < -0.3 is 15.0 Å². The number of ether oxygens (including phenoxy) is 1. The highest BCUT2D eigenvalue weighted by molar-refractivity contribution is 7.92. The Kier molecular flexibility index (Phi) is 12.2. The zero-order valence-electron chi connectivity index (χ0n) is 24.7. The SMILES string of the molecule is CCCCNC(=O)[C@@H](CC)N(Cc1ccccc1Cl)C(=O)CN(c1ccccc1OCC)S(=O)(=O)c1ccc(C)cc1. The van der Waals surface area contributed by atoms with Crippen molar-refractivity contribution in [1.29, 1.82) is 0 Å². The van der Waals surface area contributed by atoms with Crippen LogP contribution < -0.4 is 14.4 Å². The van der Waals surface area contributed by atoms with Crippen LogP contribution in [0.15, 0.2) is 77.7 Å². The molecule has 0 aromatic heterocycles. The van der Waals surface area contributed by atoms with E-state index in [1.165, 1.54) is 17.0 Å². The van der Waals surface area contributed by atoms with Gasteiger partial charge in [0.2, 0.25) is 11.8 Å². The molecule has 3 aromatic rings. The minimum atomic E-state index is -4.21. The van der Waals surface area contributed by atoms with Crippen molar-refractivity contribution in [2.75, 3.05) is 24.0 Å². The van der Waals surface area contributed by atoms with Gasteiger partial charge in [-0.1, -0.05) is 79.9 Å². The predicted molar refractivity (Wildman–Crippen MR) is 167 cm³/mol. The second-order valence-corrected chi connectivity index (χ2v) is 12.2. The number of unbranched alkanes of at least 4 members (excludes halogenated alkanes) is 1. The Morgan fingerprint density at radius 3 is 2.26 bits per heavy atom. The number of sulfonamides is 1. The average Bonchev–Trinajstić information content (AvgIpc) is 2.97. The molecule has 0 heterocycles. The molecule has 0 fully saturated rings. The molecule has 0 radical (unpaired) electrons. The summed E-state index contributed by atoms with van der Waals surface area (Å²) in [4.78, 5) is 29.0. The van der Waals surface area contributed by atoms with E-state index in [0.717, 1.165) is 22.7 Å². The third kappa shape index (κ3) is 8.26. The van der Waals surface area contributed by atoms with Crippen molar-refractivity contribution in [2.24, 2.45) is 0 Å². The zero-order chi connectivity index (χ0) is 30.7. The lowest BCUT2D eigenvalue weighted by Crippen LogP contribution is -2.52. The van der Waals surface area contributed by atoms with Gasteiger partial charge >= 0.3 is 0 Å². The summed E-state index contributed by atoms with van der Waals surface area (Å²) in [5.41, 5.74) is 1.78. The maximum atomic E-state index is 14.2. The Bertz CT molecular complexity index is 1450. The third-order valence-electron chi connectivity index (χ3n) is 6.84. The van der Waals surface area contributed by atoms with Crippen LogP contribution in [0.3, 0.4) is 0 Å². The normalized spacial score (nSPS) is 11.9. The van der Waals surface area contributed by atoms with Crippen molar-refractivity contribution >= 4 is 39.1 Å².